The third-order valence-corrected chi connectivity index (χ3v) is 2.63. The second-order valence-corrected chi connectivity index (χ2v) is 3.87. The van der Waals surface area contributed by atoms with Crippen LogP contribution in [0.3, 0.4) is 0 Å². The van der Waals surface area contributed by atoms with Crippen LogP contribution in [0.4, 0.5) is 13.2 Å². The second-order valence-electron chi connectivity index (χ2n) is 3.87. The molecule has 7 heteroatoms. The number of benzene rings is 1. The third-order valence-electron chi connectivity index (χ3n) is 2.63. The zero-order valence-corrected chi connectivity index (χ0v) is 8.80. The van der Waals surface area contributed by atoms with Gasteiger partial charge in [-0.1, -0.05) is 6.07 Å². The Bertz CT molecular complexity index is 800. The van der Waals surface area contributed by atoms with Crippen molar-refractivity contribution in [1.82, 2.24) is 15.0 Å². The van der Waals surface area contributed by atoms with Crippen LogP contribution in [0.5, 0.6) is 0 Å². The fourth-order valence-corrected chi connectivity index (χ4v) is 1.80. The summed E-state index contributed by atoms with van der Waals surface area (Å²) in [5.74, 6) is 0. The van der Waals surface area contributed by atoms with Crippen molar-refractivity contribution in [3.63, 3.8) is 0 Å². The molecule has 0 radical (unpaired) electrons. The molecule has 0 atom stereocenters. The molecule has 0 spiro atoms. The van der Waals surface area contributed by atoms with Crippen LogP contribution in [0.2, 0.25) is 0 Å². The number of fused-ring (bicyclic) bond motifs is 2. The maximum absolute atomic E-state index is 12.5. The molecule has 0 saturated carbocycles. The number of H-pyrrole nitrogens is 2. The number of rotatable bonds is 0. The van der Waals surface area contributed by atoms with E-state index in [1.165, 1.54) is 6.07 Å². The van der Waals surface area contributed by atoms with Gasteiger partial charge in [0.2, 0.25) is 0 Å². The van der Waals surface area contributed by atoms with Crippen molar-refractivity contribution >= 4 is 22.1 Å². The van der Waals surface area contributed by atoms with Crippen molar-refractivity contribution in [2.75, 3.05) is 0 Å². The van der Waals surface area contributed by atoms with Gasteiger partial charge >= 0.3 is 11.9 Å². The van der Waals surface area contributed by atoms with E-state index < -0.39 is 17.4 Å². The molecule has 0 amide bonds. The van der Waals surface area contributed by atoms with Gasteiger partial charge in [0.1, 0.15) is 0 Å². The lowest BCUT2D eigenvalue weighted by molar-refractivity contribution is -0.137. The van der Waals surface area contributed by atoms with Crippen LogP contribution < -0.4 is 5.69 Å². The first kappa shape index (κ1) is 10.8. The first-order valence-corrected chi connectivity index (χ1v) is 5.03. The molecule has 0 fully saturated rings. The van der Waals surface area contributed by atoms with Crippen LogP contribution in [-0.4, -0.2) is 15.0 Å². The van der Waals surface area contributed by atoms with Gasteiger partial charge in [-0.3, -0.25) is 4.98 Å². The van der Waals surface area contributed by atoms with Gasteiger partial charge in [-0.25, -0.2) is 9.78 Å². The summed E-state index contributed by atoms with van der Waals surface area (Å²) in [6.45, 7) is 0. The van der Waals surface area contributed by atoms with Crippen molar-refractivity contribution in [2.24, 2.45) is 0 Å². The van der Waals surface area contributed by atoms with Gasteiger partial charge in [0.05, 0.1) is 16.6 Å². The Kier molecular flexibility index (Phi) is 2.01. The molecule has 2 heterocycles. The van der Waals surface area contributed by atoms with Crippen molar-refractivity contribution in [3.05, 3.63) is 40.3 Å². The van der Waals surface area contributed by atoms with Gasteiger partial charge in [0.15, 0.2) is 5.65 Å². The second kappa shape index (κ2) is 3.34. The molecular formula is C11H6F3N3O. The number of aromatic nitrogens is 3. The summed E-state index contributed by atoms with van der Waals surface area (Å²) in [5, 5.41) is 0.533. The van der Waals surface area contributed by atoms with E-state index in [0.29, 0.717) is 10.9 Å². The van der Waals surface area contributed by atoms with Crippen LogP contribution in [0.15, 0.2) is 29.1 Å². The topological polar surface area (TPSA) is 61.5 Å². The number of hydrogen-bond acceptors (Lipinski definition) is 2. The number of alkyl halides is 3. The SMILES string of the molecule is O=c1[nH]c2cc3ccc(C(F)(F)F)cc3nc2[nH]1. The van der Waals surface area contributed by atoms with Crippen LogP contribution in [0, 0.1) is 0 Å². The van der Waals surface area contributed by atoms with Gasteiger partial charge in [-0.15, -0.1) is 0 Å². The molecule has 3 rings (SSSR count). The normalized spacial score (nSPS) is 12.4. The molecule has 2 aromatic heterocycles. The van der Waals surface area contributed by atoms with Gasteiger partial charge in [-0.05, 0) is 18.2 Å². The third kappa shape index (κ3) is 1.64. The number of hydrogen-bond donors (Lipinski definition) is 2. The molecule has 92 valence electrons. The monoisotopic (exact) mass is 253 g/mol. The Morgan fingerprint density at radius 3 is 2.61 bits per heavy atom. The quantitative estimate of drug-likeness (QED) is 0.646. The smallest absolute Gasteiger partial charge is 0.304 e. The highest BCUT2D eigenvalue weighted by Gasteiger charge is 2.30. The van der Waals surface area contributed by atoms with E-state index in [0.717, 1.165) is 12.1 Å². The lowest BCUT2D eigenvalue weighted by Crippen LogP contribution is -2.04. The summed E-state index contributed by atoms with van der Waals surface area (Å²) in [5.41, 5.74) is -0.310. The molecule has 1 aromatic carbocycles. The minimum Gasteiger partial charge on any atom is -0.304 e. The summed E-state index contributed by atoms with van der Waals surface area (Å²) in [6.07, 6.45) is -4.41. The Morgan fingerprint density at radius 2 is 1.89 bits per heavy atom. The maximum atomic E-state index is 12.5. The number of nitrogens with one attached hydrogen (secondary N) is 2. The summed E-state index contributed by atoms with van der Waals surface area (Å²) in [7, 11) is 0. The molecule has 0 unspecified atom stereocenters. The van der Waals surface area contributed by atoms with Crippen molar-refractivity contribution in [1.29, 1.82) is 0 Å². The van der Waals surface area contributed by atoms with Crippen molar-refractivity contribution in [3.8, 4) is 0 Å². The number of aromatic amines is 2. The molecule has 3 aromatic rings. The number of pyridine rings is 1. The minimum absolute atomic E-state index is 0.188. The lowest BCUT2D eigenvalue weighted by Gasteiger charge is -2.07. The van der Waals surface area contributed by atoms with E-state index in [1.54, 1.807) is 6.07 Å². The molecular weight excluding hydrogens is 247 g/mol. The van der Waals surface area contributed by atoms with E-state index in [2.05, 4.69) is 15.0 Å². The molecule has 2 N–H and O–H groups in total. The average Bonchev–Trinajstić information content (AvgIpc) is 2.62. The average molecular weight is 253 g/mol. The molecule has 4 nitrogen and oxygen atoms in total. The van der Waals surface area contributed by atoms with E-state index in [9.17, 15) is 18.0 Å². The standard InChI is InChI=1S/C11H6F3N3O/c12-11(13,14)6-2-1-5-3-8-9(15-7(5)4-6)17-10(18)16-8/h1-4H,(H2,15,16,17,18). The molecule has 0 bridgehead atoms. The molecule has 0 aliphatic heterocycles. The summed E-state index contributed by atoms with van der Waals surface area (Å²) in [6, 6.07) is 4.85. The Hall–Kier alpha value is -2.31. The van der Waals surface area contributed by atoms with E-state index in [-0.39, 0.29) is 11.2 Å². The largest absolute Gasteiger partial charge is 0.416 e. The van der Waals surface area contributed by atoms with Crippen LogP contribution in [0.25, 0.3) is 22.1 Å². The number of nitrogens with zero attached hydrogens (tertiary/aromatic N) is 1. The van der Waals surface area contributed by atoms with Crippen LogP contribution in [0.1, 0.15) is 5.56 Å². The Labute approximate surface area is 97.5 Å². The number of halogens is 3. The number of imidazole rings is 1. The molecule has 0 aliphatic rings. The fourth-order valence-electron chi connectivity index (χ4n) is 1.80. The van der Waals surface area contributed by atoms with Crippen molar-refractivity contribution in [2.45, 2.75) is 6.18 Å². The van der Waals surface area contributed by atoms with Crippen LogP contribution in [-0.2, 0) is 6.18 Å². The van der Waals surface area contributed by atoms with E-state index >= 15 is 0 Å². The van der Waals surface area contributed by atoms with E-state index in [1.807, 2.05) is 0 Å². The van der Waals surface area contributed by atoms with E-state index in [4.69, 9.17) is 0 Å². The highest BCUT2D eigenvalue weighted by Crippen LogP contribution is 2.31. The first-order chi connectivity index (χ1) is 8.43. The maximum Gasteiger partial charge on any atom is 0.416 e. The fraction of sp³-hybridized carbons (Fsp3) is 0.0909. The highest BCUT2D eigenvalue weighted by atomic mass is 19.4. The Morgan fingerprint density at radius 1 is 1.11 bits per heavy atom. The first-order valence-electron chi connectivity index (χ1n) is 5.03. The molecule has 0 aliphatic carbocycles. The zero-order chi connectivity index (χ0) is 12.9. The minimum atomic E-state index is -4.41. The van der Waals surface area contributed by atoms with Gasteiger partial charge in [0.25, 0.3) is 0 Å². The summed E-state index contributed by atoms with van der Waals surface area (Å²) in [4.78, 5) is 20.0. The van der Waals surface area contributed by atoms with Gasteiger partial charge in [-0.2, -0.15) is 13.2 Å². The molecule has 0 saturated heterocycles. The molecule has 18 heavy (non-hydrogen) atoms. The van der Waals surface area contributed by atoms with Crippen molar-refractivity contribution < 1.29 is 13.2 Å². The summed E-state index contributed by atoms with van der Waals surface area (Å²) < 4.78 is 37.6. The predicted octanol–water partition coefficient (Wildman–Crippen LogP) is 2.42. The summed E-state index contributed by atoms with van der Waals surface area (Å²) >= 11 is 0. The van der Waals surface area contributed by atoms with Gasteiger partial charge in [0, 0.05) is 5.39 Å². The zero-order valence-electron chi connectivity index (χ0n) is 8.80. The Balaban J connectivity index is 2.33. The predicted molar refractivity (Wildman–Crippen MR) is 59.2 cm³/mol. The highest BCUT2D eigenvalue weighted by molar-refractivity contribution is 5.89. The van der Waals surface area contributed by atoms with Crippen LogP contribution >= 0.6 is 0 Å². The van der Waals surface area contributed by atoms with Gasteiger partial charge < -0.3 is 4.98 Å². The lowest BCUT2D eigenvalue weighted by atomic mass is 10.1.